The van der Waals surface area contributed by atoms with E-state index in [1.54, 1.807) is 0 Å². The molecular formula is C24H44N7O17P3S. The molecule has 2 heterocycles. The molecule has 7 atom stereocenters. The highest BCUT2D eigenvalue weighted by molar-refractivity contribution is 8.13. The third-order valence-electron chi connectivity index (χ3n) is 7.00. The lowest BCUT2D eigenvalue weighted by molar-refractivity contribution is -0.137. The summed E-state index contributed by atoms with van der Waals surface area (Å²) in [4.78, 5) is 83.2. The van der Waals surface area contributed by atoms with Crippen molar-refractivity contribution in [1.29, 1.82) is 0 Å². The van der Waals surface area contributed by atoms with E-state index in [1.807, 2.05) is 0 Å². The number of aliphatic imine (C=N–C) groups is 2. The molecule has 52 heavy (non-hydrogen) atoms. The molecule has 0 bridgehead atoms. The molecule has 28 heteroatoms. The van der Waals surface area contributed by atoms with Crippen LogP contribution in [-0.4, -0.2) is 141 Å². The number of hydrogen-bond acceptors (Lipinski definition) is 19. The highest BCUT2D eigenvalue weighted by Crippen LogP contribution is 2.61. The van der Waals surface area contributed by atoms with Crippen molar-refractivity contribution in [2.45, 2.75) is 57.8 Å². The van der Waals surface area contributed by atoms with Crippen LogP contribution in [0.2, 0.25) is 0 Å². The fraction of sp³-hybridized carbons (Fsp3) is 0.708. The largest absolute Gasteiger partial charge is 0.481 e. The van der Waals surface area contributed by atoms with Crippen LogP contribution in [0.15, 0.2) is 21.5 Å². The monoisotopic (exact) mass is 827 g/mol. The smallest absolute Gasteiger partial charge is 0.386 e. The number of nitrogens with two attached hydrogens (primary N) is 1. The van der Waals surface area contributed by atoms with Crippen molar-refractivity contribution in [2.24, 2.45) is 21.1 Å². The van der Waals surface area contributed by atoms with Crippen molar-refractivity contribution in [1.82, 2.24) is 20.9 Å². The Bertz CT molecular complexity index is 1530. The number of phosphoric ester groups is 3. The van der Waals surface area contributed by atoms with E-state index >= 15 is 0 Å². The number of carbonyl (C=O) groups excluding carboxylic acids is 3. The van der Waals surface area contributed by atoms with Gasteiger partial charge in [-0.15, -0.1) is 0 Å². The van der Waals surface area contributed by atoms with Crippen molar-refractivity contribution in [3.05, 3.63) is 11.5 Å². The van der Waals surface area contributed by atoms with Gasteiger partial charge in [0.2, 0.25) is 11.8 Å². The average molecular weight is 828 g/mol. The van der Waals surface area contributed by atoms with Crippen LogP contribution in [0, 0.1) is 5.41 Å². The first kappa shape index (κ1) is 45.8. The molecule has 2 aliphatic rings. The minimum Gasteiger partial charge on any atom is -0.386 e. The van der Waals surface area contributed by atoms with Crippen LogP contribution < -0.4 is 21.7 Å². The molecule has 0 aromatic carbocycles. The maximum Gasteiger partial charge on any atom is 0.481 e. The van der Waals surface area contributed by atoms with Crippen LogP contribution in [0.1, 0.15) is 27.2 Å². The molecule has 0 spiro atoms. The quantitative estimate of drug-likeness (QED) is 0.0334. The summed E-state index contributed by atoms with van der Waals surface area (Å²) in [6, 6.07) is 0. The Morgan fingerprint density at radius 3 is 2.40 bits per heavy atom. The Morgan fingerprint density at radius 1 is 1.17 bits per heavy atom. The molecule has 11 N–H and O–H groups in total. The van der Waals surface area contributed by atoms with Gasteiger partial charge in [0.15, 0.2) is 11.3 Å². The lowest BCUT2D eigenvalue weighted by atomic mass is 9.87. The van der Waals surface area contributed by atoms with E-state index in [1.165, 1.54) is 32.7 Å². The second kappa shape index (κ2) is 19.3. The van der Waals surface area contributed by atoms with Gasteiger partial charge < -0.3 is 61.1 Å². The standard InChI is InChI=1S/C24H44N7O17P3S/c1-13(32)52-9-8-27-15(33)6-7-28-22(36)19(35)24(2,3)11-45-51(42,43)48-50(40,41)44-10-14-18(47-49(37,38)39)17(34)23(46-14)31(5)21-16(26-4)20(25)29-12-30-21/h14,17-19,23,30,34-35H,4,6-12H2,1-3,5H3,(H2,25,29)(H,27,33)(H,28,36)(H,40,41)(H,42,43)(H2,37,38,39). The summed E-state index contributed by atoms with van der Waals surface area (Å²) in [5, 5.41) is 28.9. The van der Waals surface area contributed by atoms with Crippen LogP contribution in [0.25, 0.3) is 0 Å². The summed E-state index contributed by atoms with van der Waals surface area (Å²) in [6.45, 7) is 5.27. The van der Waals surface area contributed by atoms with E-state index < -0.39 is 84.6 Å². The molecule has 1 fully saturated rings. The van der Waals surface area contributed by atoms with Gasteiger partial charge in [-0.1, -0.05) is 25.6 Å². The molecule has 0 aromatic rings. The van der Waals surface area contributed by atoms with Gasteiger partial charge in [-0.25, -0.2) is 18.7 Å². The van der Waals surface area contributed by atoms with Crippen molar-refractivity contribution in [3.63, 3.8) is 0 Å². The topological polar surface area (TPSA) is 360 Å². The molecule has 2 aliphatic heterocycles. The molecule has 0 aliphatic carbocycles. The minimum absolute atomic E-state index is 0.0229. The summed E-state index contributed by atoms with van der Waals surface area (Å²) in [5.41, 5.74) is 4.25. The number of hydrogen-bond donors (Lipinski definition) is 10. The molecule has 1 saturated heterocycles. The first-order chi connectivity index (χ1) is 23.9. The minimum atomic E-state index is -5.56. The number of aliphatic hydroxyl groups excluding tert-OH is 2. The third-order valence-corrected chi connectivity index (χ3v) is 10.9. The normalized spacial score (nSPS) is 23.8. The van der Waals surface area contributed by atoms with Gasteiger partial charge in [0.05, 0.1) is 13.2 Å². The molecule has 0 saturated carbocycles. The Balaban J connectivity index is 1.99. The summed E-state index contributed by atoms with van der Waals surface area (Å²) in [5.74, 6) is -0.946. The first-order valence-corrected chi connectivity index (χ1v) is 20.5. The van der Waals surface area contributed by atoms with Crippen LogP contribution in [0.4, 0.5) is 0 Å². The molecule has 298 valence electrons. The van der Waals surface area contributed by atoms with E-state index in [-0.39, 0.29) is 48.6 Å². The fourth-order valence-corrected chi connectivity index (χ4v) is 7.73. The Labute approximate surface area is 302 Å². The Morgan fingerprint density at radius 2 is 1.81 bits per heavy atom. The van der Waals surface area contributed by atoms with E-state index in [2.05, 4.69) is 41.5 Å². The number of nitrogens with zero attached hydrogens (tertiary/aromatic N) is 3. The van der Waals surface area contributed by atoms with E-state index in [4.69, 9.17) is 19.5 Å². The predicted molar refractivity (Wildman–Crippen MR) is 182 cm³/mol. The maximum absolute atomic E-state index is 12.6. The summed E-state index contributed by atoms with van der Waals surface area (Å²) in [7, 11) is -15.0. The number of thioether (sulfide) groups is 1. The number of phosphoric acid groups is 3. The number of carbonyl (C=O) groups is 3. The summed E-state index contributed by atoms with van der Waals surface area (Å²) >= 11 is 1.03. The van der Waals surface area contributed by atoms with Gasteiger partial charge in [0.25, 0.3) is 0 Å². The molecule has 0 radical (unpaired) electrons. The molecule has 2 amide bonds. The van der Waals surface area contributed by atoms with E-state index in [9.17, 15) is 57.9 Å². The van der Waals surface area contributed by atoms with Gasteiger partial charge in [-0.3, -0.25) is 32.9 Å². The van der Waals surface area contributed by atoms with Crippen molar-refractivity contribution in [3.8, 4) is 0 Å². The highest BCUT2D eigenvalue weighted by atomic mass is 32.2. The molecule has 7 unspecified atom stereocenters. The van der Waals surface area contributed by atoms with E-state index in [0.717, 1.165) is 11.8 Å². The number of nitrogens with one attached hydrogen (secondary N) is 3. The third kappa shape index (κ3) is 14.5. The summed E-state index contributed by atoms with van der Waals surface area (Å²) in [6.07, 6.45) is -8.98. The fourth-order valence-electron chi connectivity index (χ4n) is 4.41. The van der Waals surface area contributed by atoms with Crippen LogP contribution in [0.5, 0.6) is 0 Å². The molecule has 24 nitrogen and oxygen atoms in total. The average Bonchev–Trinajstić information content (AvgIpc) is 3.32. The van der Waals surface area contributed by atoms with Gasteiger partial charge >= 0.3 is 23.5 Å². The SMILES string of the molecule is C=NC1=C(N(C)C2OC(COP(=O)(O)OP(=O)(O)OCC(C)(C)C(O)C(=O)NCCC(=O)NCCSC(C)=O)C(OP(=O)(O)O)C2O)NCN=C1N. The molecule has 0 aromatic heterocycles. The van der Waals surface area contributed by atoms with Gasteiger partial charge in [0, 0.05) is 44.6 Å². The number of amidine groups is 1. The Kier molecular flexibility index (Phi) is 17.0. The second-order valence-corrected chi connectivity index (χ2v) is 17.2. The number of rotatable bonds is 21. The van der Waals surface area contributed by atoms with Crippen molar-refractivity contribution in [2.75, 3.05) is 45.8 Å². The lowest BCUT2D eigenvalue weighted by Gasteiger charge is -2.33. The van der Waals surface area contributed by atoms with Gasteiger partial charge in [-0.2, -0.15) is 4.31 Å². The first-order valence-electron chi connectivity index (χ1n) is 15.0. The maximum atomic E-state index is 12.6. The zero-order valence-electron chi connectivity index (χ0n) is 28.4. The van der Waals surface area contributed by atoms with Gasteiger partial charge in [-0.05, 0) is 6.72 Å². The number of amides is 2. The Hall–Kier alpha value is -2.31. The van der Waals surface area contributed by atoms with Crippen molar-refractivity contribution >= 4 is 64.7 Å². The number of aliphatic hydroxyl groups is 2. The van der Waals surface area contributed by atoms with Gasteiger partial charge in [0.1, 0.15) is 48.4 Å². The van der Waals surface area contributed by atoms with Crippen LogP contribution in [0.3, 0.4) is 0 Å². The number of ether oxygens (including phenoxy) is 1. The summed E-state index contributed by atoms with van der Waals surface area (Å²) < 4.78 is 60.9. The molecule has 2 rings (SSSR count). The van der Waals surface area contributed by atoms with Crippen LogP contribution in [-0.2, 0) is 50.7 Å². The van der Waals surface area contributed by atoms with E-state index in [0.29, 0.717) is 5.75 Å². The zero-order valence-corrected chi connectivity index (χ0v) is 31.9. The van der Waals surface area contributed by atoms with Crippen LogP contribution >= 0.6 is 35.2 Å². The predicted octanol–water partition coefficient (Wildman–Crippen LogP) is -2.19. The molecular weight excluding hydrogens is 783 g/mol. The second-order valence-electron chi connectivity index (χ2n) is 11.7. The lowest BCUT2D eigenvalue weighted by Crippen LogP contribution is -2.47. The van der Waals surface area contributed by atoms with Crippen molar-refractivity contribution < 1.29 is 80.5 Å². The zero-order chi connectivity index (χ0) is 39.7. The number of likely N-dealkylation sites (N-methyl/N-ethyl adjacent to an activating group) is 1. The highest BCUT2D eigenvalue weighted by Gasteiger charge is 2.51.